The van der Waals surface area contributed by atoms with Gasteiger partial charge in [-0.15, -0.1) is 0 Å². The van der Waals surface area contributed by atoms with Gasteiger partial charge in [-0.2, -0.15) is 0 Å². The minimum absolute atomic E-state index is 0.242. The Hall–Kier alpha value is -2.36. The van der Waals surface area contributed by atoms with Crippen LogP contribution in [0.25, 0.3) is 5.69 Å². The zero-order chi connectivity index (χ0) is 12.4. The van der Waals surface area contributed by atoms with E-state index < -0.39 is 5.97 Å². The summed E-state index contributed by atoms with van der Waals surface area (Å²) in [4.78, 5) is 21.6. The van der Waals surface area contributed by atoms with Gasteiger partial charge in [0.2, 0.25) is 0 Å². The second kappa shape index (κ2) is 4.25. The van der Waals surface area contributed by atoms with Gasteiger partial charge in [0.25, 0.3) is 0 Å². The number of aryl methyl sites for hydroxylation is 1. The first kappa shape index (κ1) is 11.1. The third kappa shape index (κ3) is 1.97. The molecule has 0 saturated carbocycles. The Morgan fingerprint density at radius 1 is 1.35 bits per heavy atom. The zero-order valence-electron chi connectivity index (χ0n) is 9.25. The maximum atomic E-state index is 10.8. The summed E-state index contributed by atoms with van der Waals surface area (Å²) in [6.07, 6.45) is 2.54. The van der Waals surface area contributed by atoms with Crippen LogP contribution < -0.4 is 0 Å². The van der Waals surface area contributed by atoms with Crippen LogP contribution in [0.4, 0.5) is 0 Å². The average molecular weight is 229 g/mol. The van der Waals surface area contributed by atoms with Crippen molar-refractivity contribution >= 4 is 12.3 Å². The Labute approximate surface area is 98.1 Å². The van der Waals surface area contributed by atoms with E-state index in [1.807, 2.05) is 6.92 Å². The first-order valence-corrected chi connectivity index (χ1v) is 5.10. The third-order valence-electron chi connectivity index (χ3n) is 2.60. The quantitative estimate of drug-likeness (QED) is 0.821. The molecule has 0 spiro atoms. The van der Waals surface area contributed by atoms with Gasteiger partial charge >= 0.3 is 5.97 Å². The van der Waals surface area contributed by atoms with Gasteiger partial charge < -0.3 is 9.67 Å². The largest absolute Gasteiger partial charge is 0.478 e. The van der Waals surface area contributed by atoms with E-state index >= 15 is 0 Å². The summed E-state index contributed by atoms with van der Waals surface area (Å²) in [7, 11) is 0. The minimum atomic E-state index is -0.956. The number of nitrogens with zero attached hydrogens (tertiary/aromatic N) is 1. The number of aromatic nitrogens is 1. The van der Waals surface area contributed by atoms with Gasteiger partial charge in [-0.25, -0.2) is 4.79 Å². The van der Waals surface area contributed by atoms with Gasteiger partial charge in [0.1, 0.15) is 0 Å². The van der Waals surface area contributed by atoms with Gasteiger partial charge in [0.15, 0.2) is 6.29 Å². The highest BCUT2D eigenvalue weighted by molar-refractivity contribution is 5.88. The molecule has 0 saturated heterocycles. The lowest BCUT2D eigenvalue weighted by Crippen LogP contribution is -2.03. The van der Waals surface area contributed by atoms with Crippen LogP contribution in [0.5, 0.6) is 0 Å². The van der Waals surface area contributed by atoms with Crippen molar-refractivity contribution in [3.63, 3.8) is 0 Å². The van der Waals surface area contributed by atoms with Crippen molar-refractivity contribution in [2.24, 2.45) is 0 Å². The summed E-state index contributed by atoms with van der Waals surface area (Å²) in [6.45, 7) is 1.82. The van der Waals surface area contributed by atoms with Gasteiger partial charge in [0.05, 0.1) is 11.3 Å². The van der Waals surface area contributed by atoms with Gasteiger partial charge in [-0.3, -0.25) is 4.79 Å². The van der Waals surface area contributed by atoms with E-state index in [2.05, 4.69) is 0 Å². The lowest BCUT2D eigenvalue weighted by molar-refractivity contribution is 0.0696. The number of rotatable bonds is 3. The van der Waals surface area contributed by atoms with E-state index in [0.29, 0.717) is 5.69 Å². The van der Waals surface area contributed by atoms with Crippen LogP contribution in [0.2, 0.25) is 0 Å². The first-order chi connectivity index (χ1) is 8.13. The van der Waals surface area contributed by atoms with Crippen molar-refractivity contribution in [2.75, 3.05) is 0 Å². The number of aldehydes is 1. The molecule has 17 heavy (non-hydrogen) atoms. The summed E-state index contributed by atoms with van der Waals surface area (Å²) < 4.78 is 1.73. The molecule has 0 aliphatic carbocycles. The average Bonchev–Trinajstić information content (AvgIpc) is 2.76. The molecule has 1 aromatic carbocycles. The standard InChI is InChI=1S/C13H11NO3/c1-9-7-10(13(16)17)4-5-12(9)14-6-2-3-11(14)8-15/h2-8H,1H3,(H,16,17). The number of carboxylic acids is 1. The molecular formula is C13H11NO3. The molecule has 0 aliphatic heterocycles. The maximum Gasteiger partial charge on any atom is 0.335 e. The molecule has 0 bridgehead atoms. The molecule has 0 fully saturated rings. The summed E-state index contributed by atoms with van der Waals surface area (Å²) in [5, 5.41) is 8.87. The second-order valence-electron chi connectivity index (χ2n) is 3.73. The molecule has 0 amide bonds. The molecule has 2 aromatic rings. The van der Waals surface area contributed by atoms with Crippen molar-refractivity contribution in [3.05, 3.63) is 53.3 Å². The Balaban J connectivity index is 2.54. The van der Waals surface area contributed by atoms with Crippen LogP contribution in [0.15, 0.2) is 36.5 Å². The number of aromatic carboxylic acids is 1. The van der Waals surface area contributed by atoms with Crippen LogP contribution in [0.1, 0.15) is 26.4 Å². The lowest BCUT2D eigenvalue weighted by atomic mass is 10.1. The fourth-order valence-corrected chi connectivity index (χ4v) is 1.77. The fourth-order valence-electron chi connectivity index (χ4n) is 1.77. The van der Waals surface area contributed by atoms with E-state index in [1.54, 1.807) is 35.0 Å². The Bertz CT molecular complexity index is 584. The summed E-state index contributed by atoms with van der Waals surface area (Å²) in [6, 6.07) is 8.29. The number of carbonyl (C=O) groups is 2. The second-order valence-corrected chi connectivity index (χ2v) is 3.73. The SMILES string of the molecule is Cc1cc(C(=O)O)ccc1-n1cccc1C=O. The summed E-state index contributed by atoms with van der Waals surface area (Å²) >= 11 is 0. The molecule has 0 radical (unpaired) electrons. The molecule has 0 unspecified atom stereocenters. The molecular weight excluding hydrogens is 218 g/mol. The molecule has 0 atom stereocenters. The molecule has 4 heteroatoms. The third-order valence-corrected chi connectivity index (χ3v) is 2.60. The van der Waals surface area contributed by atoms with E-state index in [4.69, 9.17) is 5.11 Å². The molecule has 1 heterocycles. The highest BCUT2D eigenvalue weighted by Gasteiger charge is 2.08. The van der Waals surface area contributed by atoms with E-state index in [0.717, 1.165) is 17.5 Å². The van der Waals surface area contributed by atoms with E-state index in [1.165, 1.54) is 6.07 Å². The van der Waals surface area contributed by atoms with Crippen LogP contribution in [0, 0.1) is 6.92 Å². The molecule has 1 N–H and O–H groups in total. The number of hydrogen-bond acceptors (Lipinski definition) is 2. The van der Waals surface area contributed by atoms with Crippen LogP contribution in [-0.4, -0.2) is 21.9 Å². The number of benzene rings is 1. The molecule has 2 rings (SSSR count). The Kier molecular flexibility index (Phi) is 2.78. The highest BCUT2D eigenvalue weighted by Crippen LogP contribution is 2.18. The lowest BCUT2D eigenvalue weighted by Gasteiger charge is -2.09. The van der Waals surface area contributed by atoms with Crippen molar-refractivity contribution in [1.29, 1.82) is 0 Å². The zero-order valence-corrected chi connectivity index (χ0v) is 9.25. The van der Waals surface area contributed by atoms with E-state index in [9.17, 15) is 9.59 Å². The summed E-state index contributed by atoms with van der Waals surface area (Å²) in [5.41, 5.74) is 2.40. The molecule has 0 aliphatic rings. The summed E-state index contributed by atoms with van der Waals surface area (Å²) in [5.74, 6) is -0.956. The minimum Gasteiger partial charge on any atom is -0.478 e. The van der Waals surface area contributed by atoms with Crippen molar-refractivity contribution in [2.45, 2.75) is 6.92 Å². The van der Waals surface area contributed by atoms with Crippen molar-refractivity contribution in [1.82, 2.24) is 4.57 Å². The normalized spacial score (nSPS) is 10.2. The van der Waals surface area contributed by atoms with E-state index in [-0.39, 0.29) is 5.56 Å². The monoisotopic (exact) mass is 229 g/mol. The van der Waals surface area contributed by atoms with Crippen LogP contribution in [-0.2, 0) is 0 Å². The molecule has 86 valence electrons. The topological polar surface area (TPSA) is 59.3 Å². The number of carbonyl (C=O) groups excluding carboxylic acids is 1. The molecule has 4 nitrogen and oxygen atoms in total. The number of hydrogen-bond donors (Lipinski definition) is 1. The maximum absolute atomic E-state index is 10.8. The van der Waals surface area contributed by atoms with Gasteiger partial charge in [-0.05, 0) is 42.8 Å². The number of carboxylic acid groups (broad SMARTS) is 1. The highest BCUT2D eigenvalue weighted by atomic mass is 16.4. The van der Waals surface area contributed by atoms with Crippen molar-refractivity contribution < 1.29 is 14.7 Å². The van der Waals surface area contributed by atoms with Gasteiger partial charge in [0, 0.05) is 11.9 Å². The van der Waals surface area contributed by atoms with Crippen molar-refractivity contribution in [3.8, 4) is 5.69 Å². The van der Waals surface area contributed by atoms with Gasteiger partial charge in [-0.1, -0.05) is 0 Å². The predicted octanol–water partition coefficient (Wildman–Crippen LogP) is 2.30. The predicted molar refractivity (Wildman–Crippen MR) is 62.9 cm³/mol. The Morgan fingerprint density at radius 2 is 2.12 bits per heavy atom. The first-order valence-electron chi connectivity index (χ1n) is 5.10. The van der Waals surface area contributed by atoms with Crippen LogP contribution >= 0.6 is 0 Å². The van der Waals surface area contributed by atoms with Crippen LogP contribution in [0.3, 0.4) is 0 Å². The fraction of sp³-hybridized carbons (Fsp3) is 0.0769. The molecule has 1 aromatic heterocycles. The Morgan fingerprint density at radius 3 is 2.71 bits per heavy atom. The smallest absolute Gasteiger partial charge is 0.335 e.